The van der Waals surface area contributed by atoms with Gasteiger partial charge in [0.15, 0.2) is 0 Å². The van der Waals surface area contributed by atoms with E-state index in [0.717, 1.165) is 10.9 Å². The van der Waals surface area contributed by atoms with Crippen LogP contribution in [-0.4, -0.2) is 13.1 Å². The van der Waals surface area contributed by atoms with Gasteiger partial charge < -0.3 is 10.5 Å². The van der Waals surface area contributed by atoms with Crippen LogP contribution in [0.25, 0.3) is 10.1 Å². The van der Waals surface area contributed by atoms with Crippen molar-refractivity contribution in [3.63, 3.8) is 0 Å². The van der Waals surface area contributed by atoms with E-state index in [-0.39, 0.29) is 18.4 Å². The summed E-state index contributed by atoms with van der Waals surface area (Å²) in [7, 11) is 1.38. The average Bonchev–Trinajstić information content (AvgIpc) is 2.72. The van der Waals surface area contributed by atoms with Crippen molar-refractivity contribution in [3.8, 4) is 0 Å². The SMILES string of the molecule is COC(=O)C[C@@H](N)c1csc2ccccc12. The van der Waals surface area contributed by atoms with Crippen LogP contribution >= 0.6 is 11.3 Å². The molecule has 0 aliphatic heterocycles. The van der Waals surface area contributed by atoms with E-state index in [1.165, 1.54) is 11.8 Å². The molecule has 1 aromatic carbocycles. The summed E-state index contributed by atoms with van der Waals surface area (Å²) in [6, 6.07) is 7.76. The van der Waals surface area contributed by atoms with Crippen molar-refractivity contribution < 1.29 is 9.53 Å². The molecule has 84 valence electrons. The van der Waals surface area contributed by atoms with Crippen molar-refractivity contribution >= 4 is 27.4 Å². The summed E-state index contributed by atoms with van der Waals surface area (Å²) in [5.74, 6) is -0.275. The van der Waals surface area contributed by atoms with Gasteiger partial charge in [-0.3, -0.25) is 4.79 Å². The Kier molecular flexibility index (Phi) is 3.22. The normalized spacial score (nSPS) is 12.6. The molecule has 0 saturated heterocycles. The Bertz CT molecular complexity index is 506. The Morgan fingerprint density at radius 2 is 2.25 bits per heavy atom. The van der Waals surface area contributed by atoms with Crippen molar-refractivity contribution in [1.29, 1.82) is 0 Å². The molecule has 1 atom stereocenters. The predicted molar refractivity (Wildman–Crippen MR) is 65.4 cm³/mol. The molecule has 1 aromatic heterocycles. The van der Waals surface area contributed by atoms with Crippen LogP contribution in [-0.2, 0) is 9.53 Å². The lowest BCUT2D eigenvalue weighted by Gasteiger charge is -2.08. The van der Waals surface area contributed by atoms with Gasteiger partial charge in [-0.25, -0.2) is 0 Å². The number of hydrogen-bond acceptors (Lipinski definition) is 4. The van der Waals surface area contributed by atoms with Crippen LogP contribution in [0, 0.1) is 0 Å². The third kappa shape index (κ3) is 2.08. The number of rotatable bonds is 3. The molecular weight excluding hydrogens is 222 g/mol. The molecule has 3 nitrogen and oxygen atoms in total. The zero-order valence-corrected chi connectivity index (χ0v) is 9.79. The van der Waals surface area contributed by atoms with Gasteiger partial charge in [-0.05, 0) is 22.4 Å². The van der Waals surface area contributed by atoms with Crippen molar-refractivity contribution in [3.05, 3.63) is 35.2 Å². The molecule has 2 rings (SSSR count). The number of methoxy groups -OCH3 is 1. The molecule has 2 N–H and O–H groups in total. The molecule has 2 aromatic rings. The molecule has 1 heterocycles. The van der Waals surface area contributed by atoms with Crippen molar-refractivity contribution in [2.45, 2.75) is 12.5 Å². The molecule has 0 radical (unpaired) electrons. The second-order valence-corrected chi connectivity index (χ2v) is 4.49. The molecule has 4 heteroatoms. The van der Waals surface area contributed by atoms with Gasteiger partial charge in [-0.1, -0.05) is 18.2 Å². The van der Waals surface area contributed by atoms with Crippen LogP contribution in [0.3, 0.4) is 0 Å². The van der Waals surface area contributed by atoms with Crippen molar-refractivity contribution in [2.24, 2.45) is 5.73 Å². The van der Waals surface area contributed by atoms with Crippen LogP contribution in [0.4, 0.5) is 0 Å². The summed E-state index contributed by atoms with van der Waals surface area (Å²) in [5.41, 5.74) is 7.01. The minimum Gasteiger partial charge on any atom is -0.469 e. The van der Waals surface area contributed by atoms with E-state index in [0.29, 0.717) is 0 Å². The van der Waals surface area contributed by atoms with Gasteiger partial charge in [0.05, 0.1) is 13.5 Å². The third-order valence-corrected chi connectivity index (χ3v) is 3.51. The summed E-state index contributed by atoms with van der Waals surface area (Å²) in [6.07, 6.45) is 0.219. The fraction of sp³-hybridized carbons (Fsp3) is 0.250. The number of esters is 1. The summed E-state index contributed by atoms with van der Waals surface area (Å²) >= 11 is 1.64. The van der Waals surface area contributed by atoms with Gasteiger partial charge in [0.25, 0.3) is 0 Å². The molecule has 0 aliphatic carbocycles. The maximum absolute atomic E-state index is 11.2. The number of fused-ring (bicyclic) bond motifs is 1. The summed E-state index contributed by atoms with van der Waals surface area (Å²) in [5, 5.41) is 3.14. The molecule has 0 saturated carbocycles. The van der Waals surface area contributed by atoms with E-state index in [1.54, 1.807) is 11.3 Å². The molecule has 0 bridgehead atoms. The van der Waals surface area contributed by atoms with Crippen molar-refractivity contribution in [2.75, 3.05) is 7.11 Å². The molecule has 0 fully saturated rings. The number of carbonyl (C=O) groups is 1. The number of benzene rings is 1. The first-order valence-electron chi connectivity index (χ1n) is 5.01. The fourth-order valence-corrected chi connectivity index (χ4v) is 2.68. The summed E-state index contributed by atoms with van der Waals surface area (Å²) in [4.78, 5) is 11.2. The lowest BCUT2D eigenvalue weighted by molar-refractivity contribution is -0.141. The monoisotopic (exact) mass is 235 g/mol. The van der Waals surface area contributed by atoms with Gasteiger partial charge in [-0.15, -0.1) is 11.3 Å². The smallest absolute Gasteiger partial charge is 0.307 e. The molecular formula is C12H13NO2S. The zero-order valence-electron chi connectivity index (χ0n) is 8.97. The number of thiophene rings is 1. The highest BCUT2D eigenvalue weighted by Crippen LogP contribution is 2.30. The van der Waals surface area contributed by atoms with Gasteiger partial charge in [0.2, 0.25) is 0 Å². The van der Waals surface area contributed by atoms with E-state index < -0.39 is 0 Å². The largest absolute Gasteiger partial charge is 0.469 e. The first-order valence-corrected chi connectivity index (χ1v) is 5.89. The highest BCUT2D eigenvalue weighted by molar-refractivity contribution is 7.17. The Morgan fingerprint density at radius 3 is 3.00 bits per heavy atom. The van der Waals surface area contributed by atoms with Crippen LogP contribution in [0.2, 0.25) is 0 Å². The zero-order chi connectivity index (χ0) is 11.5. The molecule has 0 spiro atoms. The van der Waals surface area contributed by atoms with Gasteiger partial charge in [0, 0.05) is 10.7 Å². The van der Waals surface area contributed by atoms with E-state index in [2.05, 4.69) is 4.74 Å². The standard InChI is InChI=1S/C12H13NO2S/c1-15-12(14)6-10(13)9-7-16-11-5-3-2-4-8(9)11/h2-5,7,10H,6,13H2,1H3/t10-/m1/s1. The van der Waals surface area contributed by atoms with Crippen molar-refractivity contribution in [1.82, 2.24) is 0 Å². The van der Waals surface area contributed by atoms with Crippen LogP contribution in [0.5, 0.6) is 0 Å². The van der Waals surface area contributed by atoms with E-state index in [1.807, 2.05) is 29.6 Å². The summed E-state index contributed by atoms with van der Waals surface area (Å²) < 4.78 is 5.81. The highest BCUT2D eigenvalue weighted by Gasteiger charge is 2.15. The first-order chi connectivity index (χ1) is 7.72. The number of ether oxygens (including phenoxy) is 1. The first kappa shape index (κ1) is 11.1. The van der Waals surface area contributed by atoms with Gasteiger partial charge in [0.1, 0.15) is 0 Å². The quantitative estimate of drug-likeness (QED) is 0.831. The fourth-order valence-electron chi connectivity index (χ4n) is 1.66. The summed E-state index contributed by atoms with van der Waals surface area (Å²) in [6.45, 7) is 0. The molecule has 0 amide bonds. The lowest BCUT2D eigenvalue weighted by Crippen LogP contribution is -2.15. The maximum Gasteiger partial charge on any atom is 0.307 e. The van der Waals surface area contributed by atoms with E-state index >= 15 is 0 Å². The number of hydrogen-bond donors (Lipinski definition) is 1. The van der Waals surface area contributed by atoms with Crippen LogP contribution in [0.15, 0.2) is 29.6 Å². The molecule has 16 heavy (non-hydrogen) atoms. The maximum atomic E-state index is 11.2. The predicted octanol–water partition coefficient (Wildman–Crippen LogP) is 2.46. The second-order valence-electron chi connectivity index (χ2n) is 3.57. The minimum absolute atomic E-state index is 0.219. The highest BCUT2D eigenvalue weighted by atomic mass is 32.1. The Morgan fingerprint density at radius 1 is 1.50 bits per heavy atom. The Balaban J connectivity index is 2.29. The Labute approximate surface area is 97.8 Å². The molecule has 0 aliphatic rings. The van der Waals surface area contributed by atoms with Gasteiger partial charge >= 0.3 is 5.97 Å². The van der Waals surface area contributed by atoms with E-state index in [9.17, 15) is 4.79 Å². The van der Waals surface area contributed by atoms with Crippen LogP contribution in [0.1, 0.15) is 18.0 Å². The third-order valence-electron chi connectivity index (χ3n) is 2.52. The number of nitrogens with two attached hydrogens (primary N) is 1. The topological polar surface area (TPSA) is 52.3 Å². The number of carbonyl (C=O) groups excluding carboxylic acids is 1. The van der Waals surface area contributed by atoms with E-state index in [4.69, 9.17) is 5.73 Å². The lowest BCUT2D eigenvalue weighted by atomic mass is 10.0. The van der Waals surface area contributed by atoms with Gasteiger partial charge in [-0.2, -0.15) is 0 Å². The molecule has 0 unspecified atom stereocenters. The Hall–Kier alpha value is -1.39. The minimum atomic E-state index is -0.288. The van der Waals surface area contributed by atoms with Crippen LogP contribution < -0.4 is 5.73 Å². The second kappa shape index (κ2) is 4.63. The average molecular weight is 235 g/mol.